The largest absolute Gasteiger partial charge is 0.412 e. The summed E-state index contributed by atoms with van der Waals surface area (Å²) in [6.07, 6.45) is 2.20. The first kappa shape index (κ1) is 23.6. The summed E-state index contributed by atoms with van der Waals surface area (Å²) in [4.78, 5) is 29.7. The molecule has 1 fully saturated rings. The molecular weight excluding hydrogens is 489 g/mol. The number of hydrogen-bond donors (Lipinski definition) is 2. The lowest BCUT2D eigenvalue weighted by Gasteiger charge is -2.15. The van der Waals surface area contributed by atoms with Gasteiger partial charge in [0.15, 0.2) is 5.65 Å². The van der Waals surface area contributed by atoms with Gasteiger partial charge in [-0.1, -0.05) is 41.4 Å². The van der Waals surface area contributed by atoms with Crippen molar-refractivity contribution in [2.24, 2.45) is 0 Å². The van der Waals surface area contributed by atoms with Crippen LogP contribution in [-0.4, -0.2) is 51.0 Å². The lowest BCUT2D eigenvalue weighted by molar-refractivity contribution is 0.168. The molecule has 2 aromatic heterocycles. The Bertz CT molecular complexity index is 1420. The summed E-state index contributed by atoms with van der Waals surface area (Å²) in [6, 6.07) is 14.7. The van der Waals surface area contributed by atoms with Crippen molar-refractivity contribution in [3.05, 3.63) is 80.7 Å². The van der Waals surface area contributed by atoms with E-state index in [2.05, 4.69) is 20.2 Å². The van der Waals surface area contributed by atoms with Gasteiger partial charge >= 0.3 is 0 Å². The predicted molar refractivity (Wildman–Crippen MR) is 137 cm³/mol. The highest BCUT2D eigenvalue weighted by Crippen LogP contribution is 2.33. The second kappa shape index (κ2) is 9.83. The Hall–Kier alpha value is -3.17. The number of benzene rings is 2. The van der Waals surface area contributed by atoms with Gasteiger partial charge in [0, 0.05) is 42.5 Å². The summed E-state index contributed by atoms with van der Waals surface area (Å²) >= 11 is 12.7. The van der Waals surface area contributed by atoms with E-state index in [9.17, 15) is 9.90 Å². The number of aromatic nitrogens is 3. The number of pyridine rings is 1. The number of hydrogen-bond acceptors (Lipinski definition) is 7. The molecule has 0 bridgehead atoms. The zero-order valence-corrected chi connectivity index (χ0v) is 20.4. The van der Waals surface area contributed by atoms with Crippen molar-refractivity contribution in [3.63, 3.8) is 0 Å². The highest BCUT2D eigenvalue weighted by atomic mass is 35.5. The maximum Gasteiger partial charge on any atom is 0.293 e. The number of nitrogens with one attached hydrogen (secondary N) is 1. The van der Waals surface area contributed by atoms with Crippen molar-refractivity contribution in [2.75, 3.05) is 25.5 Å². The van der Waals surface area contributed by atoms with Gasteiger partial charge in [0.05, 0.1) is 21.7 Å². The maximum absolute atomic E-state index is 13.2. The molecule has 2 N–H and O–H groups in total. The van der Waals surface area contributed by atoms with Gasteiger partial charge in [-0.05, 0) is 42.3 Å². The van der Waals surface area contributed by atoms with E-state index in [-0.39, 0.29) is 6.10 Å². The zero-order chi connectivity index (χ0) is 24.5. The number of rotatable bonds is 6. The molecule has 2 aromatic carbocycles. The molecule has 1 aliphatic heterocycles. The number of anilines is 2. The van der Waals surface area contributed by atoms with Crippen LogP contribution < -0.4 is 15.7 Å². The van der Waals surface area contributed by atoms with Gasteiger partial charge in [-0.15, -0.1) is 4.73 Å². The maximum atomic E-state index is 13.2. The number of nitrogens with zero attached hydrogens (tertiary/aromatic N) is 4. The second-order valence-electron chi connectivity index (χ2n) is 8.41. The van der Waals surface area contributed by atoms with Crippen LogP contribution >= 0.6 is 23.2 Å². The van der Waals surface area contributed by atoms with E-state index < -0.39 is 5.56 Å². The molecule has 4 aromatic rings. The Morgan fingerprint density at radius 1 is 1.17 bits per heavy atom. The third-order valence-corrected chi connectivity index (χ3v) is 6.61. The van der Waals surface area contributed by atoms with Crippen molar-refractivity contribution < 1.29 is 9.94 Å². The van der Waals surface area contributed by atoms with Crippen LogP contribution in [0.15, 0.2) is 59.5 Å². The van der Waals surface area contributed by atoms with Crippen LogP contribution in [0.2, 0.25) is 10.0 Å². The Labute approximate surface area is 211 Å². The van der Waals surface area contributed by atoms with E-state index in [0.29, 0.717) is 44.7 Å². The summed E-state index contributed by atoms with van der Waals surface area (Å²) in [5.74, 6) is 0.321. The molecule has 35 heavy (non-hydrogen) atoms. The Morgan fingerprint density at radius 3 is 2.57 bits per heavy atom. The van der Waals surface area contributed by atoms with E-state index in [1.54, 1.807) is 30.5 Å². The minimum Gasteiger partial charge on any atom is -0.412 e. The smallest absolute Gasteiger partial charge is 0.293 e. The number of fused-ring (bicyclic) bond motifs is 1. The Kier molecular flexibility index (Phi) is 6.62. The Morgan fingerprint density at radius 2 is 1.91 bits per heavy atom. The van der Waals surface area contributed by atoms with Crippen LogP contribution in [0.3, 0.4) is 0 Å². The van der Waals surface area contributed by atoms with Crippen molar-refractivity contribution >= 4 is 45.9 Å². The molecule has 0 spiro atoms. The fourth-order valence-electron chi connectivity index (χ4n) is 4.27. The minimum absolute atomic E-state index is 0.233. The molecule has 0 amide bonds. The first-order chi connectivity index (χ1) is 16.9. The van der Waals surface area contributed by atoms with Gasteiger partial charge < -0.3 is 15.3 Å². The van der Waals surface area contributed by atoms with E-state index in [4.69, 9.17) is 28.0 Å². The summed E-state index contributed by atoms with van der Waals surface area (Å²) in [6.45, 7) is 2.40. The van der Waals surface area contributed by atoms with Crippen LogP contribution in [0.1, 0.15) is 12.0 Å². The molecule has 0 saturated carbocycles. The van der Waals surface area contributed by atoms with Crippen LogP contribution in [0.5, 0.6) is 0 Å². The average molecular weight is 512 g/mol. The molecule has 1 saturated heterocycles. The minimum atomic E-state index is -0.434. The van der Waals surface area contributed by atoms with Crippen LogP contribution in [0.4, 0.5) is 11.6 Å². The monoisotopic (exact) mass is 511 g/mol. The summed E-state index contributed by atoms with van der Waals surface area (Å²) < 4.78 is 1.10. The average Bonchev–Trinajstić information content (AvgIpc) is 3.25. The molecule has 5 rings (SSSR count). The van der Waals surface area contributed by atoms with Crippen LogP contribution in [-0.2, 0) is 6.54 Å². The number of halogens is 2. The molecule has 0 radical (unpaired) electrons. The van der Waals surface area contributed by atoms with Crippen LogP contribution in [0, 0.1) is 0 Å². The molecule has 180 valence electrons. The van der Waals surface area contributed by atoms with E-state index in [1.165, 1.54) is 7.11 Å². The normalized spacial score (nSPS) is 16.1. The number of aliphatic hydroxyl groups excluding tert-OH is 1. The first-order valence-electron chi connectivity index (χ1n) is 11.1. The number of β-amino-alcohol motifs (C(OH)–C–C–N with tert-alkyl or cyclic N) is 1. The Balaban J connectivity index is 1.43. The molecule has 3 heterocycles. The van der Waals surface area contributed by atoms with Crippen molar-refractivity contribution in [1.29, 1.82) is 0 Å². The molecule has 0 aliphatic carbocycles. The molecule has 1 aliphatic rings. The topological polar surface area (TPSA) is 92.5 Å². The molecule has 8 nitrogen and oxygen atoms in total. The third-order valence-electron chi connectivity index (χ3n) is 5.98. The van der Waals surface area contributed by atoms with Gasteiger partial charge in [0.2, 0.25) is 5.95 Å². The highest BCUT2D eigenvalue weighted by molar-refractivity contribution is 6.39. The summed E-state index contributed by atoms with van der Waals surface area (Å²) in [5.41, 5.74) is 2.56. The quantitative estimate of drug-likeness (QED) is 0.401. The van der Waals surface area contributed by atoms with E-state index >= 15 is 0 Å². The fourth-order valence-corrected chi connectivity index (χ4v) is 4.87. The number of aliphatic hydroxyl groups is 1. The van der Waals surface area contributed by atoms with E-state index in [0.717, 1.165) is 35.5 Å². The lowest BCUT2D eigenvalue weighted by atomic mass is 10.1. The van der Waals surface area contributed by atoms with Crippen molar-refractivity contribution in [2.45, 2.75) is 19.1 Å². The highest BCUT2D eigenvalue weighted by Gasteiger charge is 2.20. The molecular formula is C25H23Cl2N5O3. The SMILES string of the molecule is COn1c(=O)c(-c2c(Cl)cccc2Cl)cc2cnc(Nc3ccc(CN4CC[C@H](O)C4)cc3)nc21. The van der Waals surface area contributed by atoms with Crippen molar-refractivity contribution in [3.8, 4) is 11.1 Å². The number of likely N-dealkylation sites (tertiary alicyclic amines) is 1. The standard InChI is InChI=1S/C25H23Cl2N5O3/c1-35-32-23-16(11-19(24(32)34)22-20(26)3-2-4-21(22)27)12-28-25(30-23)29-17-7-5-15(6-8-17)13-31-10-9-18(33)14-31/h2-8,11-12,18,33H,9-10,13-14H2,1H3,(H,28,29,30)/t18-/m0/s1. The first-order valence-corrected chi connectivity index (χ1v) is 11.9. The van der Waals surface area contributed by atoms with Gasteiger partial charge in [-0.2, -0.15) is 4.98 Å². The molecule has 1 atom stereocenters. The zero-order valence-electron chi connectivity index (χ0n) is 18.9. The van der Waals surface area contributed by atoms with E-state index in [1.807, 2.05) is 24.3 Å². The summed E-state index contributed by atoms with van der Waals surface area (Å²) in [5, 5.41) is 14.2. The third kappa shape index (κ3) is 4.83. The predicted octanol–water partition coefficient (Wildman–Crippen LogP) is 4.13. The lowest BCUT2D eigenvalue weighted by Crippen LogP contribution is -2.27. The van der Waals surface area contributed by atoms with Gasteiger partial charge in [0.1, 0.15) is 7.11 Å². The van der Waals surface area contributed by atoms with Gasteiger partial charge in [-0.3, -0.25) is 9.69 Å². The van der Waals surface area contributed by atoms with Crippen LogP contribution in [0.25, 0.3) is 22.2 Å². The van der Waals surface area contributed by atoms with Crippen molar-refractivity contribution in [1.82, 2.24) is 19.6 Å². The second-order valence-corrected chi connectivity index (χ2v) is 9.22. The fraction of sp³-hybridized carbons (Fsp3) is 0.240. The molecule has 0 unspecified atom stereocenters. The summed E-state index contributed by atoms with van der Waals surface area (Å²) in [7, 11) is 1.39. The van der Waals surface area contributed by atoms with Gasteiger partial charge in [0.25, 0.3) is 5.56 Å². The molecule has 10 heteroatoms. The van der Waals surface area contributed by atoms with Gasteiger partial charge in [-0.25, -0.2) is 4.98 Å².